The number of hydrogen-bond acceptors (Lipinski definition) is 1. The second kappa shape index (κ2) is 6.07. The molecule has 0 amide bonds. The highest BCUT2D eigenvalue weighted by Gasteiger charge is 2.40. The van der Waals surface area contributed by atoms with E-state index in [4.69, 9.17) is 0 Å². The number of carboxylic acid groups (broad SMARTS) is 1. The van der Waals surface area contributed by atoms with Crippen molar-refractivity contribution in [3.8, 4) is 0 Å². The molecule has 0 unspecified atom stereocenters. The molecule has 0 radical (unpaired) electrons. The molecule has 0 spiro atoms. The molecule has 0 aromatic carbocycles. The molecule has 0 atom stereocenters. The van der Waals surface area contributed by atoms with E-state index in [9.17, 15) is 9.90 Å². The van der Waals surface area contributed by atoms with Crippen molar-refractivity contribution in [1.82, 2.24) is 0 Å². The van der Waals surface area contributed by atoms with E-state index in [1.807, 2.05) is 0 Å². The fraction of sp³-hybridized carbons (Fsp3) is 0.786. The minimum absolute atomic E-state index is 0.552. The van der Waals surface area contributed by atoms with Crippen LogP contribution in [0.4, 0.5) is 0 Å². The molecule has 1 aliphatic carbocycles. The van der Waals surface area contributed by atoms with Crippen molar-refractivity contribution < 1.29 is 9.90 Å². The third kappa shape index (κ3) is 2.66. The van der Waals surface area contributed by atoms with E-state index in [-0.39, 0.29) is 0 Å². The molecule has 16 heavy (non-hydrogen) atoms. The number of allylic oxidation sites excluding steroid dienone is 1. The Bertz CT molecular complexity index is 260. The molecule has 0 aromatic heterocycles. The Balaban J connectivity index is 2.98. The summed E-state index contributed by atoms with van der Waals surface area (Å²) in [6.07, 6.45) is 10.1. The Labute approximate surface area is 98.7 Å². The lowest BCUT2D eigenvalue weighted by molar-refractivity contribution is -0.147. The number of hydrogen-bond donors (Lipinski definition) is 1. The molecule has 1 aliphatic rings. The van der Waals surface area contributed by atoms with E-state index in [1.165, 1.54) is 12.0 Å². The molecule has 1 N–H and O–H groups in total. The van der Waals surface area contributed by atoms with Crippen molar-refractivity contribution in [2.75, 3.05) is 0 Å². The fourth-order valence-corrected chi connectivity index (χ4v) is 2.92. The highest BCUT2D eigenvalue weighted by molar-refractivity contribution is 5.78. The van der Waals surface area contributed by atoms with Gasteiger partial charge in [-0.2, -0.15) is 0 Å². The van der Waals surface area contributed by atoms with Gasteiger partial charge in [0.1, 0.15) is 0 Å². The van der Waals surface area contributed by atoms with Crippen molar-refractivity contribution in [2.24, 2.45) is 5.41 Å². The van der Waals surface area contributed by atoms with Gasteiger partial charge in [0.15, 0.2) is 0 Å². The lowest BCUT2D eigenvalue weighted by Crippen LogP contribution is -2.33. The predicted octanol–water partition coefficient (Wildman–Crippen LogP) is 4.16. The zero-order valence-corrected chi connectivity index (χ0v) is 10.6. The Hall–Kier alpha value is -0.790. The van der Waals surface area contributed by atoms with Gasteiger partial charge in [-0.25, -0.2) is 0 Å². The van der Waals surface area contributed by atoms with Crippen LogP contribution in [-0.4, -0.2) is 11.1 Å². The van der Waals surface area contributed by atoms with Crippen LogP contribution in [0.5, 0.6) is 0 Å². The summed E-state index contributed by atoms with van der Waals surface area (Å²) in [7, 11) is 0. The average Bonchev–Trinajstić information content (AvgIpc) is 2.29. The number of carbonyl (C=O) groups is 1. The van der Waals surface area contributed by atoms with Crippen LogP contribution in [0.1, 0.15) is 65.2 Å². The Morgan fingerprint density at radius 3 is 2.31 bits per heavy atom. The molecule has 0 fully saturated rings. The molecule has 2 heteroatoms. The van der Waals surface area contributed by atoms with Gasteiger partial charge in [-0.05, 0) is 38.5 Å². The summed E-state index contributed by atoms with van der Waals surface area (Å²) < 4.78 is 0. The van der Waals surface area contributed by atoms with Crippen LogP contribution in [-0.2, 0) is 4.79 Å². The zero-order chi connectivity index (χ0) is 12.0. The first-order valence-electron chi connectivity index (χ1n) is 6.60. The van der Waals surface area contributed by atoms with Gasteiger partial charge in [0, 0.05) is 0 Å². The third-order valence-electron chi connectivity index (χ3n) is 3.67. The largest absolute Gasteiger partial charge is 0.481 e. The Morgan fingerprint density at radius 1 is 1.31 bits per heavy atom. The van der Waals surface area contributed by atoms with Crippen LogP contribution in [0.2, 0.25) is 0 Å². The van der Waals surface area contributed by atoms with Crippen molar-refractivity contribution in [2.45, 2.75) is 65.2 Å². The number of carboxylic acids is 1. The van der Waals surface area contributed by atoms with E-state index in [0.29, 0.717) is 0 Å². The summed E-state index contributed by atoms with van der Waals surface area (Å²) in [5.74, 6) is -0.607. The molecule has 0 aromatic rings. The van der Waals surface area contributed by atoms with Crippen LogP contribution in [0, 0.1) is 5.41 Å². The first kappa shape index (κ1) is 13.3. The standard InChI is InChI=1S/C14H24O2/c1-3-10-14(11-4-2,13(15)16)12-8-6-5-7-9-12/h8H,3-7,9-11H2,1-2H3,(H,15,16). The molecule has 92 valence electrons. The number of rotatable bonds is 6. The van der Waals surface area contributed by atoms with E-state index >= 15 is 0 Å². The van der Waals surface area contributed by atoms with Crippen molar-refractivity contribution in [3.05, 3.63) is 11.6 Å². The smallest absolute Gasteiger partial charge is 0.313 e. The van der Waals surface area contributed by atoms with E-state index in [1.54, 1.807) is 0 Å². The lowest BCUT2D eigenvalue weighted by atomic mass is 9.70. The molecule has 2 nitrogen and oxygen atoms in total. The van der Waals surface area contributed by atoms with Gasteiger partial charge in [0.25, 0.3) is 0 Å². The maximum Gasteiger partial charge on any atom is 0.313 e. The van der Waals surface area contributed by atoms with Crippen molar-refractivity contribution in [3.63, 3.8) is 0 Å². The summed E-state index contributed by atoms with van der Waals surface area (Å²) in [5, 5.41) is 9.60. The maximum absolute atomic E-state index is 11.7. The summed E-state index contributed by atoms with van der Waals surface area (Å²) in [6, 6.07) is 0. The van der Waals surface area contributed by atoms with Crippen LogP contribution in [0.25, 0.3) is 0 Å². The van der Waals surface area contributed by atoms with E-state index < -0.39 is 11.4 Å². The zero-order valence-electron chi connectivity index (χ0n) is 10.6. The molecule has 0 aliphatic heterocycles. The number of aliphatic carboxylic acids is 1. The van der Waals surface area contributed by atoms with Gasteiger partial charge < -0.3 is 5.11 Å². The van der Waals surface area contributed by atoms with Crippen molar-refractivity contribution >= 4 is 5.97 Å². The van der Waals surface area contributed by atoms with E-state index in [0.717, 1.165) is 44.9 Å². The third-order valence-corrected chi connectivity index (χ3v) is 3.67. The molecular weight excluding hydrogens is 200 g/mol. The fourth-order valence-electron chi connectivity index (χ4n) is 2.92. The minimum Gasteiger partial charge on any atom is -0.481 e. The van der Waals surface area contributed by atoms with Gasteiger partial charge in [-0.1, -0.05) is 38.3 Å². The Morgan fingerprint density at radius 2 is 1.94 bits per heavy atom. The quantitative estimate of drug-likeness (QED) is 0.688. The first-order chi connectivity index (χ1) is 7.67. The van der Waals surface area contributed by atoms with E-state index in [2.05, 4.69) is 19.9 Å². The molecule has 0 heterocycles. The van der Waals surface area contributed by atoms with Gasteiger partial charge >= 0.3 is 5.97 Å². The topological polar surface area (TPSA) is 37.3 Å². The molecule has 0 saturated heterocycles. The molecule has 1 rings (SSSR count). The average molecular weight is 224 g/mol. The Kier molecular flexibility index (Phi) is 5.04. The maximum atomic E-state index is 11.7. The summed E-state index contributed by atoms with van der Waals surface area (Å²) >= 11 is 0. The van der Waals surface area contributed by atoms with Gasteiger partial charge in [0.2, 0.25) is 0 Å². The monoisotopic (exact) mass is 224 g/mol. The summed E-state index contributed by atoms with van der Waals surface area (Å²) in [6.45, 7) is 4.16. The highest BCUT2D eigenvalue weighted by atomic mass is 16.4. The molecule has 0 bridgehead atoms. The van der Waals surface area contributed by atoms with Crippen LogP contribution in [0.15, 0.2) is 11.6 Å². The van der Waals surface area contributed by atoms with Gasteiger partial charge in [-0.15, -0.1) is 0 Å². The molecular formula is C14H24O2. The SMILES string of the molecule is CCCC(CCC)(C(=O)O)C1=CCCCC1. The van der Waals surface area contributed by atoms with Crippen LogP contribution in [0.3, 0.4) is 0 Å². The second-order valence-corrected chi connectivity index (χ2v) is 4.86. The lowest BCUT2D eigenvalue weighted by Gasteiger charge is -2.33. The summed E-state index contributed by atoms with van der Waals surface area (Å²) in [4.78, 5) is 11.7. The normalized spacial score (nSPS) is 17.0. The van der Waals surface area contributed by atoms with Gasteiger partial charge in [0.05, 0.1) is 5.41 Å². The highest BCUT2D eigenvalue weighted by Crippen LogP contribution is 2.42. The van der Waals surface area contributed by atoms with Crippen molar-refractivity contribution in [1.29, 1.82) is 0 Å². The molecule has 0 saturated carbocycles. The minimum atomic E-state index is -0.607. The second-order valence-electron chi connectivity index (χ2n) is 4.86. The van der Waals surface area contributed by atoms with Crippen LogP contribution >= 0.6 is 0 Å². The van der Waals surface area contributed by atoms with Gasteiger partial charge in [-0.3, -0.25) is 4.79 Å². The predicted molar refractivity (Wildman–Crippen MR) is 66.4 cm³/mol. The first-order valence-corrected chi connectivity index (χ1v) is 6.60. The summed E-state index contributed by atoms with van der Waals surface area (Å²) in [5.41, 5.74) is 0.652. The van der Waals surface area contributed by atoms with Crippen LogP contribution < -0.4 is 0 Å².